The number of piperidine rings is 1. The van der Waals surface area contributed by atoms with Crippen LogP contribution in [0.5, 0.6) is 0 Å². The Morgan fingerprint density at radius 3 is 2.97 bits per heavy atom. The molecule has 1 amide bonds. The van der Waals surface area contributed by atoms with Gasteiger partial charge >= 0.3 is 0 Å². The molecule has 29 heavy (non-hydrogen) atoms. The van der Waals surface area contributed by atoms with Crippen molar-refractivity contribution in [2.24, 2.45) is 5.92 Å². The van der Waals surface area contributed by atoms with Gasteiger partial charge in [0.1, 0.15) is 17.5 Å². The van der Waals surface area contributed by atoms with Crippen LogP contribution >= 0.6 is 0 Å². The zero-order chi connectivity index (χ0) is 20.1. The van der Waals surface area contributed by atoms with Crippen LogP contribution in [0.25, 0.3) is 11.1 Å². The molecule has 1 atom stereocenters. The number of fused-ring (bicyclic) bond motifs is 1. The van der Waals surface area contributed by atoms with Crippen LogP contribution in [0.1, 0.15) is 37.4 Å². The Balaban J connectivity index is 1.36. The highest BCUT2D eigenvalue weighted by molar-refractivity contribution is 5.88. The summed E-state index contributed by atoms with van der Waals surface area (Å²) in [5, 5.41) is 8.11. The molecule has 1 fully saturated rings. The molecule has 2 aromatic heterocycles. The van der Waals surface area contributed by atoms with E-state index in [1.54, 1.807) is 0 Å². The zero-order valence-electron chi connectivity index (χ0n) is 16.8. The Kier molecular flexibility index (Phi) is 6.03. The predicted octanol–water partition coefficient (Wildman–Crippen LogP) is 3.15. The summed E-state index contributed by atoms with van der Waals surface area (Å²) >= 11 is 0. The van der Waals surface area contributed by atoms with E-state index in [4.69, 9.17) is 4.52 Å². The minimum atomic E-state index is -0.0320. The van der Waals surface area contributed by atoms with Crippen molar-refractivity contribution in [3.63, 3.8) is 0 Å². The first-order valence-electron chi connectivity index (χ1n) is 10.4. The largest absolute Gasteiger partial charge is 0.356 e. The highest BCUT2D eigenvalue weighted by atomic mass is 16.5. The fourth-order valence-corrected chi connectivity index (χ4v) is 3.98. The van der Waals surface area contributed by atoms with E-state index in [0.717, 1.165) is 55.5 Å². The summed E-state index contributed by atoms with van der Waals surface area (Å²) in [5.41, 5.74) is 2.68. The minimum Gasteiger partial charge on any atom is -0.356 e. The smallest absolute Gasteiger partial charge is 0.263 e. The molecule has 0 saturated carbocycles. The van der Waals surface area contributed by atoms with Gasteiger partial charge in [-0.2, -0.15) is 4.98 Å². The molecule has 4 rings (SSSR count). The topological polar surface area (TPSA) is 84.2 Å². The van der Waals surface area contributed by atoms with Crippen molar-refractivity contribution in [1.82, 2.24) is 20.4 Å². The number of rotatable bonds is 7. The third kappa shape index (κ3) is 4.39. The first-order valence-corrected chi connectivity index (χ1v) is 10.4. The summed E-state index contributed by atoms with van der Waals surface area (Å²) in [6.07, 6.45) is 6.05. The van der Waals surface area contributed by atoms with E-state index < -0.39 is 0 Å². The lowest BCUT2D eigenvalue weighted by molar-refractivity contribution is -0.125. The molecule has 0 spiro atoms. The molecule has 0 radical (unpaired) electrons. The van der Waals surface area contributed by atoms with Gasteiger partial charge in [-0.05, 0) is 37.7 Å². The van der Waals surface area contributed by atoms with Crippen LogP contribution < -0.4 is 10.2 Å². The summed E-state index contributed by atoms with van der Waals surface area (Å²) in [5.74, 6) is 0.930. The van der Waals surface area contributed by atoms with Crippen molar-refractivity contribution in [3.05, 3.63) is 47.9 Å². The summed E-state index contributed by atoms with van der Waals surface area (Å²) in [6, 6.07) is 10.4. The number of nitrogens with one attached hydrogen (secondary N) is 1. The number of aryl methyl sites for hydroxylation is 2. The van der Waals surface area contributed by atoms with Gasteiger partial charge in [-0.1, -0.05) is 42.4 Å². The molecular formula is C22H27N5O2. The van der Waals surface area contributed by atoms with Crippen LogP contribution in [-0.2, 0) is 17.6 Å². The van der Waals surface area contributed by atoms with Crippen molar-refractivity contribution in [2.45, 2.75) is 39.0 Å². The maximum Gasteiger partial charge on any atom is 0.263 e. The Hall–Kier alpha value is -2.96. The molecule has 1 saturated heterocycles. The van der Waals surface area contributed by atoms with Gasteiger partial charge in [0.2, 0.25) is 5.91 Å². The summed E-state index contributed by atoms with van der Waals surface area (Å²) in [4.78, 5) is 23.6. The average Bonchev–Trinajstić information content (AvgIpc) is 3.21. The second kappa shape index (κ2) is 9.03. The molecular weight excluding hydrogens is 366 g/mol. The normalized spacial score (nSPS) is 16.9. The van der Waals surface area contributed by atoms with E-state index in [1.165, 1.54) is 11.9 Å². The highest BCUT2D eigenvalue weighted by Gasteiger charge is 2.28. The molecule has 0 bridgehead atoms. The number of hydrogen-bond donors (Lipinski definition) is 1. The van der Waals surface area contributed by atoms with Gasteiger partial charge in [-0.25, -0.2) is 4.98 Å². The second-order valence-corrected chi connectivity index (χ2v) is 7.53. The molecule has 3 heterocycles. The van der Waals surface area contributed by atoms with Gasteiger partial charge in [-0.15, -0.1) is 0 Å². The van der Waals surface area contributed by atoms with Crippen molar-refractivity contribution >= 4 is 22.8 Å². The van der Waals surface area contributed by atoms with Crippen LogP contribution in [0, 0.1) is 5.92 Å². The lowest BCUT2D eigenvalue weighted by Crippen LogP contribution is -2.43. The fourth-order valence-electron chi connectivity index (χ4n) is 3.98. The number of benzene rings is 1. The van der Waals surface area contributed by atoms with Crippen molar-refractivity contribution in [2.75, 3.05) is 24.5 Å². The number of carbonyl (C=O) groups is 1. The lowest BCUT2D eigenvalue weighted by Gasteiger charge is -2.33. The summed E-state index contributed by atoms with van der Waals surface area (Å²) in [7, 11) is 0. The first kappa shape index (κ1) is 19.4. The van der Waals surface area contributed by atoms with Crippen LogP contribution in [0.2, 0.25) is 0 Å². The molecule has 3 aromatic rings. The third-order valence-electron chi connectivity index (χ3n) is 5.53. The molecule has 1 N–H and O–H groups in total. The fraction of sp³-hybridized carbons (Fsp3) is 0.455. The molecule has 1 aliphatic rings. The minimum absolute atomic E-state index is 0.0320. The molecule has 152 valence electrons. The standard InChI is InChI=1S/C22H27N5O2/c1-2-18-19-20(24-15-25-22(19)29-26-18)27-13-7-11-17(14-27)21(28)23-12-6-10-16-8-4-3-5-9-16/h3-5,8-9,15,17H,2,6-7,10-14H2,1H3,(H,23,28). The number of aromatic nitrogens is 3. The monoisotopic (exact) mass is 393 g/mol. The van der Waals surface area contributed by atoms with Crippen LogP contribution in [0.3, 0.4) is 0 Å². The van der Waals surface area contributed by atoms with Crippen molar-refractivity contribution in [1.29, 1.82) is 0 Å². The van der Waals surface area contributed by atoms with Gasteiger partial charge in [0.15, 0.2) is 0 Å². The van der Waals surface area contributed by atoms with Crippen LogP contribution in [0.4, 0.5) is 5.82 Å². The number of hydrogen-bond acceptors (Lipinski definition) is 6. The van der Waals surface area contributed by atoms with Crippen molar-refractivity contribution in [3.8, 4) is 0 Å². The molecule has 1 aromatic carbocycles. The third-order valence-corrected chi connectivity index (χ3v) is 5.53. The first-order chi connectivity index (χ1) is 14.3. The van der Waals surface area contributed by atoms with Gasteiger partial charge in [0, 0.05) is 19.6 Å². The molecule has 7 nitrogen and oxygen atoms in total. The molecule has 0 aliphatic carbocycles. The number of nitrogens with zero attached hydrogens (tertiary/aromatic N) is 4. The number of anilines is 1. The Bertz CT molecular complexity index is 956. The quantitative estimate of drug-likeness (QED) is 0.621. The Morgan fingerprint density at radius 2 is 2.14 bits per heavy atom. The SMILES string of the molecule is CCc1noc2ncnc(N3CCCC(C(=O)NCCCc4ccccc4)C3)c12. The molecule has 1 aliphatic heterocycles. The summed E-state index contributed by atoms with van der Waals surface area (Å²) < 4.78 is 5.34. The zero-order valence-corrected chi connectivity index (χ0v) is 16.8. The second-order valence-electron chi connectivity index (χ2n) is 7.53. The van der Waals surface area contributed by atoms with Gasteiger partial charge in [0.05, 0.1) is 11.6 Å². The van der Waals surface area contributed by atoms with E-state index in [0.29, 0.717) is 18.8 Å². The number of amides is 1. The van der Waals surface area contributed by atoms with E-state index in [-0.39, 0.29) is 11.8 Å². The lowest BCUT2D eigenvalue weighted by atomic mass is 9.96. The maximum absolute atomic E-state index is 12.7. The highest BCUT2D eigenvalue weighted by Crippen LogP contribution is 2.30. The van der Waals surface area contributed by atoms with E-state index in [1.807, 2.05) is 25.1 Å². The van der Waals surface area contributed by atoms with E-state index in [9.17, 15) is 4.79 Å². The Morgan fingerprint density at radius 1 is 1.28 bits per heavy atom. The van der Waals surface area contributed by atoms with Gasteiger partial charge < -0.3 is 14.7 Å². The van der Waals surface area contributed by atoms with Crippen LogP contribution in [-0.4, -0.2) is 40.7 Å². The maximum atomic E-state index is 12.7. The number of carbonyl (C=O) groups excluding carboxylic acids is 1. The van der Waals surface area contributed by atoms with E-state index >= 15 is 0 Å². The van der Waals surface area contributed by atoms with E-state index in [2.05, 4.69) is 37.5 Å². The van der Waals surface area contributed by atoms with Gasteiger partial charge in [0.25, 0.3) is 5.71 Å². The molecule has 1 unspecified atom stereocenters. The van der Waals surface area contributed by atoms with Gasteiger partial charge in [-0.3, -0.25) is 4.79 Å². The van der Waals surface area contributed by atoms with Crippen LogP contribution in [0.15, 0.2) is 41.2 Å². The predicted molar refractivity (Wildman–Crippen MR) is 112 cm³/mol. The molecule has 7 heteroatoms. The van der Waals surface area contributed by atoms with Crippen molar-refractivity contribution < 1.29 is 9.32 Å². The summed E-state index contributed by atoms with van der Waals surface area (Å²) in [6.45, 7) is 4.27. The average molecular weight is 393 g/mol. The Labute approximate surface area is 170 Å².